The van der Waals surface area contributed by atoms with E-state index in [0.29, 0.717) is 18.6 Å². The zero-order chi connectivity index (χ0) is 12.4. The summed E-state index contributed by atoms with van der Waals surface area (Å²) >= 11 is 0. The van der Waals surface area contributed by atoms with Gasteiger partial charge < -0.3 is 4.42 Å². The first-order chi connectivity index (χ1) is 8.81. The predicted octanol–water partition coefficient (Wildman–Crippen LogP) is 3.10. The topological polar surface area (TPSA) is 43.1 Å². The molecule has 0 unspecified atom stereocenters. The fourth-order valence-electron chi connectivity index (χ4n) is 2.84. The maximum atomic E-state index is 11.5. The van der Waals surface area contributed by atoms with Gasteiger partial charge in [0.1, 0.15) is 11.5 Å². The highest BCUT2D eigenvalue weighted by atomic mass is 16.3. The van der Waals surface area contributed by atoms with Crippen LogP contribution < -0.4 is 0 Å². The predicted molar refractivity (Wildman–Crippen MR) is 67.2 cm³/mol. The minimum Gasteiger partial charge on any atom is -0.448 e. The molecule has 0 atom stereocenters. The molecule has 3 rings (SSSR count). The molecule has 1 saturated carbocycles. The van der Waals surface area contributed by atoms with E-state index in [9.17, 15) is 4.79 Å². The Morgan fingerprint density at radius 1 is 1.11 bits per heavy atom. The molecule has 2 aromatic rings. The van der Waals surface area contributed by atoms with E-state index in [1.54, 1.807) is 6.20 Å². The number of ketones is 1. The minimum atomic E-state index is -0.175. The Balaban J connectivity index is 2.07. The third-order valence-electron chi connectivity index (χ3n) is 3.89. The average Bonchev–Trinajstić information content (AvgIpc) is 2.95. The zero-order valence-corrected chi connectivity index (χ0v) is 10.1. The van der Waals surface area contributed by atoms with E-state index in [2.05, 4.69) is 17.1 Å². The summed E-state index contributed by atoms with van der Waals surface area (Å²) in [6, 6.07) is 10.3. The van der Waals surface area contributed by atoms with Crippen molar-refractivity contribution in [2.75, 3.05) is 0 Å². The van der Waals surface area contributed by atoms with E-state index in [0.717, 1.165) is 18.6 Å². The summed E-state index contributed by atoms with van der Waals surface area (Å²) in [4.78, 5) is 15.5. The van der Waals surface area contributed by atoms with Crippen molar-refractivity contribution in [2.24, 2.45) is 0 Å². The van der Waals surface area contributed by atoms with E-state index in [-0.39, 0.29) is 5.41 Å². The van der Waals surface area contributed by atoms with Gasteiger partial charge in [-0.2, -0.15) is 0 Å². The molecule has 1 aromatic heterocycles. The number of carbonyl (C=O) groups excluding carboxylic acids is 1. The van der Waals surface area contributed by atoms with Crippen LogP contribution in [-0.2, 0) is 10.2 Å². The number of hydrogen-bond donors (Lipinski definition) is 0. The van der Waals surface area contributed by atoms with Gasteiger partial charge in [-0.1, -0.05) is 30.3 Å². The van der Waals surface area contributed by atoms with Crippen LogP contribution in [0.5, 0.6) is 0 Å². The normalized spacial score (nSPS) is 18.8. The van der Waals surface area contributed by atoms with Crippen LogP contribution in [0, 0.1) is 0 Å². The summed E-state index contributed by atoms with van der Waals surface area (Å²) in [5.41, 5.74) is 1.04. The molecule has 0 bridgehead atoms. The van der Waals surface area contributed by atoms with Crippen molar-refractivity contribution in [1.82, 2.24) is 4.98 Å². The summed E-state index contributed by atoms with van der Waals surface area (Å²) in [6.07, 6.45) is 6.11. The minimum absolute atomic E-state index is 0.175. The van der Waals surface area contributed by atoms with Crippen LogP contribution in [0.4, 0.5) is 0 Å². The second-order valence-corrected chi connectivity index (χ2v) is 4.85. The summed E-state index contributed by atoms with van der Waals surface area (Å²) < 4.78 is 5.54. The lowest BCUT2D eigenvalue weighted by atomic mass is 9.68. The molecular weight excluding hydrogens is 226 g/mol. The highest BCUT2D eigenvalue weighted by Gasteiger charge is 2.40. The van der Waals surface area contributed by atoms with Crippen molar-refractivity contribution in [3.63, 3.8) is 0 Å². The lowest BCUT2D eigenvalue weighted by Gasteiger charge is -2.35. The van der Waals surface area contributed by atoms with Crippen LogP contribution in [0.3, 0.4) is 0 Å². The van der Waals surface area contributed by atoms with Gasteiger partial charge in [0.05, 0.1) is 11.6 Å². The molecule has 18 heavy (non-hydrogen) atoms. The number of Topliss-reactive ketones (excluding diaryl/α,β-unsaturated/α-hetero) is 1. The Hall–Kier alpha value is -1.90. The van der Waals surface area contributed by atoms with Crippen molar-refractivity contribution in [2.45, 2.75) is 31.1 Å². The van der Waals surface area contributed by atoms with Crippen LogP contribution in [-0.4, -0.2) is 10.8 Å². The molecule has 92 valence electrons. The number of carbonyl (C=O) groups is 1. The van der Waals surface area contributed by atoms with E-state index >= 15 is 0 Å². The molecule has 0 saturated heterocycles. The Bertz CT molecular complexity index is 521. The Morgan fingerprint density at radius 2 is 1.83 bits per heavy atom. The van der Waals surface area contributed by atoms with Crippen molar-refractivity contribution in [1.29, 1.82) is 0 Å². The van der Waals surface area contributed by atoms with E-state index in [1.807, 2.05) is 18.2 Å². The van der Waals surface area contributed by atoms with Crippen LogP contribution in [0.25, 0.3) is 0 Å². The largest absolute Gasteiger partial charge is 0.448 e. The van der Waals surface area contributed by atoms with E-state index < -0.39 is 0 Å². The summed E-state index contributed by atoms with van der Waals surface area (Å²) in [6.45, 7) is 0. The molecule has 1 aromatic carbocycles. The lowest BCUT2D eigenvalue weighted by Crippen LogP contribution is -2.32. The van der Waals surface area contributed by atoms with Crippen LogP contribution in [0.1, 0.15) is 37.0 Å². The Kier molecular flexibility index (Phi) is 2.74. The van der Waals surface area contributed by atoms with Crippen LogP contribution in [0.15, 0.2) is 47.3 Å². The van der Waals surface area contributed by atoms with Gasteiger partial charge in [-0.25, -0.2) is 4.98 Å². The third kappa shape index (κ3) is 1.76. The summed E-state index contributed by atoms with van der Waals surface area (Å²) in [7, 11) is 0. The highest BCUT2D eigenvalue weighted by Crippen LogP contribution is 2.43. The number of aromatic nitrogens is 1. The van der Waals surface area contributed by atoms with Crippen LogP contribution in [0.2, 0.25) is 0 Å². The molecule has 1 aliphatic carbocycles. The molecule has 0 amide bonds. The molecular formula is C15H15NO2. The molecule has 1 aliphatic rings. The van der Waals surface area contributed by atoms with Gasteiger partial charge in [0.25, 0.3) is 0 Å². The number of benzene rings is 1. The summed E-state index contributed by atoms with van der Waals surface area (Å²) in [5.74, 6) is 1.22. The monoisotopic (exact) mass is 241 g/mol. The summed E-state index contributed by atoms with van der Waals surface area (Å²) in [5, 5.41) is 0. The molecule has 0 aliphatic heterocycles. The smallest absolute Gasteiger partial charge is 0.180 e. The molecule has 3 nitrogen and oxygen atoms in total. The second-order valence-electron chi connectivity index (χ2n) is 4.85. The SMILES string of the molecule is O=C1CCC(c2ccccc2)(c2cnco2)CC1. The molecule has 1 heterocycles. The van der Waals surface area contributed by atoms with Crippen molar-refractivity contribution in [3.05, 3.63) is 54.2 Å². The first-order valence-electron chi connectivity index (χ1n) is 6.27. The van der Waals surface area contributed by atoms with Gasteiger partial charge in [-0.3, -0.25) is 4.79 Å². The second kappa shape index (κ2) is 4.41. The first-order valence-corrected chi connectivity index (χ1v) is 6.27. The number of rotatable bonds is 2. The van der Waals surface area contributed by atoms with Crippen molar-refractivity contribution in [3.8, 4) is 0 Å². The Labute approximate surface area is 106 Å². The van der Waals surface area contributed by atoms with Crippen molar-refractivity contribution >= 4 is 5.78 Å². The third-order valence-corrected chi connectivity index (χ3v) is 3.89. The fraction of sp³-hybridized carbons (Fsp3) is 0.333. The van der Waals surface area contributed by atoms with Gasteiger partial charge in [0.15, 0.2) is 6.39 Å². The Morgan fingerprint density at radius 3 is 2.44 bits per heavy atom. The maximum absolute atomic E-state index is 11.5. The van der Waals surface area contributed by atoms with E-state index in [4.69, 9.17) is 4.42 Å². The van der Waals surface area contributed by atoms with Gasteiger partial charge in [-0.15, -0.1) is 0 Å². The lowest BCUT2D eigenvalue weighted by molar-refractivity contribution is -0.121. The number of hydrogen-bond acceptors (Lipinski definition) is 3. The molecule has 0 N–H and O–H groups in total. The highest BCUT2D eigenvalue weighted by molar-refractivity contribution is 5.80. The van der Waals surface area contributed by atoms with Crippen molar-refractivity contribution < 1.29 is 9.21 Å². The quantitative estimate of drug-likeness (QED) is 0.811. The molecule has 1 fully saturated rings. The number of nitrogens with zero attached hydrogens (tertiary/aromatic N) is 1. The van der Waals surface area contributed by atoms with Gasteiger partial charge in [0, 0.05) is 12.8 Å². The van der Waals surface area contributed by atoms with Gasteiger partial charge in [-0.05, 0) is 18.4 Å². The van der Waals surface area contributed by atoms with E-state index in [1.165, 1.54) is 12.0 Å². The zero-order valence-electron chi connectivity index (χ0n) is 10.1. The van der Waals surface area contributed by atoms with Crippen LogP contribution >= 0.6 is 0 Å². The molecule has 0 radical (unpaired) electrons. The average molecular weight is 241 g/mol. The number of oxazole rings is 1. The maximum Gasteiger partial charge on any atom is 0.180 e. The van der Waals surface area contributed by atoms with Gasteiger partial charge in [0.2, 0.25) is 0 Å². The standard InChI is InChI=1S/C15H15NO2/c17-13-6-8-15(9-7-13,14-10-16-11-18-14)12-4-2-1-3-5-12/h1-5,10-11H,6-9H2. The van der Waals surface area contributed by atoms with Gasteiger partial charge >= 0.3 is 0 Å². The first kappa shape index (κ1) is 11.2. The molecule has 0 spiro atoms. The molecule has 3 heteroatoms. The fourth-order valence-corrected chi connectivity index (χ4v) is 2.84.